The Morgan fingerprint density at radius 1 is 1.48 bits per heavy atom. The number of aromatic nitrogens is 1. The van der Waals surface area contributed by atoms with E-state index in [9.17, 15) is 5.11 Å². The summed E-state index contributed by atoms with van der Waals surface area (Å²) in [5.74, 6) is 1.58. The van der Waals surface area contributed by atoms with Gasteiger partial charge in [-0.3, -0.25) is 4.90 Å². The number of likely N-dealkylation sites (tertiary alicyclic amines) is 1. The molecule has 0 bridgehead atoms. The molecule has 114 valence electrons. The van der Waals surface area contributed by atoms with Crippen LogP contribution in [0.3, 0.4) is 0 Å². The van der Waals surface area contributed by atoms with Crippen molar-refractivity contribution < 1.29 is 9.52 Å². The fourth-order valence-corrected chi connectivity index (χ4v) is 3.71. The minimum atomic E-state index is 0.221. The van der Waals surface area contributed by atoms with Gasteiger partial charge in [-0.25, -0.2) is 4.98 Å². The SMILES string of the molecule is Cc1oc(-c2ccsc2)nc1CN1C(C)CCCC1CO. The molecule has 0 aliphatic carbocycles. The van der Waals surface area contributed by atoms with Crippen LogP contribution in [-0.2, 0) is 6.54 Å². The molecule has 1 aliphatic heterocycles. The van der Waals surface area contributed by atoms with Crippen LogP contribution in [-0.4, -0.2) is 33.7 Å². The van der Waals surface area contributed by atoms with Gasteiger partial charge in [-0.1, -0.05) is 6.42 Å². The van der Waals surface area contributed by atoms with Crippen molar-refractivity contribution >= 4 is 11.3 Å². The number of aliphatic hydroxyl groups excluding tert-OH is 1. The fraction of sp³-hybridized carbons (Fsp3) is 0.562. The van der Waals surface area contributed by atoms with E-state index in [4.69, 9.17) is 4.42 Å². The van der Waals surface area contributed by atoms with E-state index in [1.54, 1.807) is 11.3 Å². The van der Waals surface area contributed by atoms with Crippen LogP contribution >= 0.6 is 11.3 Å². The number of thiophene rings is 1. The third kappa shape index (κ3) is 3.05. The third-order valence-corrected chi connectivity index (χ3v) is 5.08. The highest BCUT2D eigenvalue weighted by Crippen LogP contribution is 2.28. The van der Waals surface area contributed by atoms with Crippen molar-refractivity contribution in [3.63, 3.8) is 0 Å². The first-order valence-corrected chi connectivity index (χ1v) is 8.48. The number of nitrogens with zero attached hydrogens (tertiary/aromatic N) is 2. The monoisotopic (exact) mass is 306 g/mol. The summed E-state index contributed by atoms with van der Waals surface area (Å²) in [5.41, 5.74) is 2.03. The maximum atomic E-state index is 9.60. The zero-order valence-electron chi connectivity index (χ0n) is 12.6. The minimum absolute atomic E-state index is 0.221. The van der Waals surface area contributed by atoms with Crippen molar-refractivity contribution in [2.24, 2.45) is 0 Å². The first-order chi connectivity index (χ1) is 10.2. The third-order valence-electron chi connectivity index (χ3n) is 4.40. The summed E-state index contributed by atoms with van der Waals surface area (Å²) in [6.45, 7) is 5.18. The predicted octanol–water partition coefficient (Wildman–Crippen LogP) is 3.45. The molecule has 5 heteroatoms. The second kappa shape index (κ2) is 6.30. The van der Waals surface area contributed by atoms with Gasteiger partial charge in [0.25, 0.3) is 0 Å². The number of hydrogen-bond acceptors (Lipinski definition) is 5. The van der Waals surface area contributed by atoms with Crippen molar-refractivity contribution in [3.05, 3.63) is 28.3 Å². The smallest absolute Gasteiger partial charge is 0.227 e. The molecule has 2 atom stereocenters. The highest BCUT2D eigenvalue weighted by atomic mass is 32.1. The van der Waals surface area contributed by atoms with Crippen LogP contribution in [0.5, 0.6) is 0 Å². The molecule has 1 saturated heterocycles. The lowest BCUT2D eigenvalue weighted by Gasteiger charge is -2.39. The Bertz CT molecular complexity index is 579. The van der Waals surface area contributed by atoms with Crippen LogP contribution in [0.25, 0.3) is 11.5 Å². The molecule has 2 aromatic rings. The lowest BCUT2D eigenvalue weighted by atomic mass is 9.96. The molecule has 0 spiro atoms. The lowest BCUT2D eigenvalue weighted by molar-refractivity contribution is 0.0440. The maximum absolute atomic E-state index is 9.60. The summed E-state index contributed by atoms with van der Waals surface area (Å²) >= 11 is 1.65. The molecular formula is C16H22N2O2S. The van der Waals surface area contributed by atoms with Crippen LogP contribution in [0.15, 0.2) is 21.2 Å². The van der Waals surface area contributed by atoms with Crippen LogP contribution in [0.1, 0.15) is 37.6 Å². The molecule has 1 N–H and O–H groups in total. The van der Waals surface area contributed by atoms with Gasteiger partial charge in [0.05, 0.1) is 12.3 Å². The van der Waals surface area contributed by atoms with E-state index in [1.165, 1.54) is 12.8 Å². The maximum Gasteiger partial charge on any atom is 0.227 e. The Morgan fingerprint density at radius 3 is 3.05 bits per heavy atom. The average Bonchev–Trinajstić information content (AvgIpc) is 3.11. The summed E-state index contributed by atoms with van der Waals surface area (Å²) < 4.78 is 5.81. The summed E-state index contributed by atoms with van der Waals surface area (Å²) in [6, 6.07) is 2.76. The molecule has 3 rings (SSSR count). The Morgan fingerprint density at radius 2 is 2.33 bits per heavy atom. The standard InChI is InChI=1S/C16H22N2O2S/c1-11-4-3-5-14(9-19)18(11)8-15-12(2)20-16(17-15)13-6-7-21-10-13/h6-7,10-11,14,19H,3-5,8-9H2,1-2H3. The Kier molecular flexibility index (Phi) is 4.42. The fourth-order valence-electron chi connectivity index (χ4n) is 3.08. The summed E-state index contributed by atoms with van der Waals surface area (Å²) in [6.07, 6.45) is 3.45. The Balaban J connectivity index is 1.80. The number of rotatable bonds is 4. The first kappa shape index (κ1) is 14.8. The molecule has 0 aromatic carbocycles. The Labute approximate surface area is 129 Å². The van der Waals surface area contributed by atoms with Gasteiger partial charge in [0.2, 0.25) is 5.89 Å². The van der Waals surface area contributed by atoms with Gasteiger partial charge in [0, 0.05) is 29.6 Å². The van der Waals surface area contributed by atoms with Crippen molar-refractivity contribution in [1.82, 2.24) is 9.88 Å². The van der Waals surface area contributed by atoms with Gasteiger partial charge in [-0.2, -0.15) is 11.3 Å². The molecule has 0 radical (unpaired) electrons. The van der Waals surface area contributed by atoms with Crippen molar-refractivity contribution in [3.8, 4) is 11.5 Å². The molecule has 4 nitrogen and oxygen atoms in total. The normalized spacial score (nSPS) is 23.6. The van der Waals surface area contributed by atoms with Gasteiger partial charge in [0.15, 0.2) is 0 Å². The van der Waals surface area contributed by atoms with Crippen molar-refractivity contribution in [2.75, 3.05) is 6.61 Å². The molecule has 0 amide bonds. The van der Waals surface area contributed by atoms with Gasteiger partial charge < -0.3 is 9.52 Å². The number of hydrogen-bond donors (Lipinski definition) is 1. The number of aryl methyl sites for hydroxylation is 1. The first-order valence-electron chi connectivity index (χ1n) is 7.54. The summed E-state index contributed by atoms with van der Waals surface area (Å²) in [7, 11) is 0. The summed E-state index contributed by atoms with van der Waals surface area (Å²) in [4.78, 5) is 7.03. The molecule has 21 heavy (non-hydrogen) atoms. The highest BCUT2D eigenvalue weighted by molar-refractivity contribution is 7.08. The number of aliphatic hydroxyl groups is 1. The van der Waals surface area contributed by atoms with Gasteiger partial charge in [-0.05, 0) is 38.1 Å². The van der Waals surface area contributed by atoms with Gasteiger partial charge in [0.1, 0.15) is 5.76 Å². The van der Waals surface area contributed by atoms with Crippen LogP contribution < -0.4 is 0 Å². The van der Waals surface area contributed by atoms with Crippen LogP contribution in [0.4, 0.5) is 0 Å². The largest absolute Gasteiger partial charge is 0.441 e. The number of piperidine rings is 1. The van der Waals surface area contributed by atoms with Crippen molar-refractivity contribution in [2.45, 2.75) is 51.7 Å². The average molecular weight is 306 g/mol. The molecule has 2 unspecified atom stereocenters. The van der Waals surface area contributed by atoms with E-state index in [1.807, 2.05) is 18.4 Å². The molecule has 2 aromatic heterocycles. The minimum Gasteiger partial charge on any atom is -0.441 e. The molecule has 1 fully saturated rings. The van der Waals surface area contributed by atoms with Crippen molar-refractivity contribution in [1.29, 1.82) is 0 Å². The second-order valence-corrected chi connectivity index (χ2v) is 6.60. The quantitative estimate of drug-likeness (QED) is 0.940. The molecule has 1 aliphatic rings. The molecule has 0 saturated carbocycles. The van der Waals surface area contributed by atoms with E-state index in [2.05, 4.69) is 22.2 Å². The highest BCUT2D eigenvalue weighted by Gasteiger charge is 2.28. The lowest BCUT2D eigenvalue weighted by Crippen LogP contribution is -2.46. The number of oxazole rings is 1. The van der Waals surface area contributed by atoms with Crippen LogP contribution in [0, 0.1) is 6.92 Å². The topological polar surface area (TPSA) is 49.5 Å². The van der Waals surface area contributed by atoms with E-state index in [0.717, 1.165) is 30.0 Å². The predicted molar refractivity (Wildman–Crippen MR) is 84.3 cm³/mol. The molecule has 3 heterocycles. The zero-order valence-corrected chi connectivity index (χ0v) is 13.4. The van der Waals surface area contributed by atoms with E-state index in [0.29, 0.717) is 11.9 Å². The summed E-state index contributed by atoms with van der Waals surface area (Å²) in [5, 5.41) is 13.7. The second-order valence-electron chi connectivity index (χ2n) is 5.82. The van der Waals surface area contributed by atoms with Gasteiger partial charge in [-0.15, -0.1) is 0 Å². The van der Waals surface area contributed by atoms with E-state index >= 15 is 0 Å². The Hall–Kier alpha value is -1.17. The van der Waals surface area contributed by atoms with E-state index < -0.39 is 0 Å². The zero-order chi connectivity index (χ0) is 14.8. The van der Waals surface area contributed by atoms with Gasteiger partial charge >= 0.3 is 0 Å². The van der Waals surface area contributed by atoms with E-state index in [-0.39, 0.29) is 12.6 Å². The molecular weight excluding hydrogens is 284 g/mol. The van der Waals surface area contributed by atoms with Crippen LogP contribution in [0.2, 0.25) is 0 Å².